The molecule has 0 spiro atoms. The Morgan fingerprint density at radius 3 is 2.81 bits per heavy atom. The second-order valence-corrected chi connectivity index (χ2v) is 9.67. The van der Waals surface area contributed by atoms with E-state index in [0.717, 1.165) is 28.1 Å². The molecule has 0 N–H and O–H groups in total. The van der Waals surface area contributed by atoms with Crippen molar-refractivity contribution in [3.8, 4) is 16.9 Å². The van der Waals surface area contributed by atoms with Gasteiger partial charge in [-0.2, -0.15) is 5.10 Å². The number of morpholine rings is 1. The number of fused-ring (bicyclic) bond motifs is 3. The summed E-state index contributed by atoms with van der Waals surface area (Å²) in [5.74, 6) is 0.638. The Bertz CT molecular complexity index is 1190. The third-order valence-electron chi connectivity index (χ3n) is 5.55. The van der Waals surface area contributed by atoms with Gasteiger partial charge in [0.25, 0.3) is 5.91 Å². The van der Waals surface area contributed by atoms with Gasteiger partial charge in [-0.3, -0.25) is 8.98 Å². The highest BCUT2D eigenvalue weighted by Crippen LogP contribution is 2.43. The average molecular weight is 470 g/mol. The molecule has 1 saturated heterocycles. The molecule has 5 rings (SSSR count). The van der Waals surface area contributed by atoms with Gasteiger partial charge < -0.3 is 9.64 Å². The first-order chi connectivity index (χ1) is 15.6. The lowest BCUT2D eigenvalue weighted by molar-refractivity contribution is 0.0298. The molecule has 1 atom stereocenters. The first kappa shape index (κ1) is 21.4. The molecule has 32 heavy (non-hydrogen) atoms. The molecule has 0 bridgehead atoms. The summed E-state index contributed by atoms with van der Waals surface area (Å²) in [7, 11) is 0. The molecule has 2 aliphatic heterocycles. The molecule has 0 radical (unpaired) electrons. The molecule has 9 heteroatoms. The predicted molar refractivity (Wildman–Crippen MR) is 124 cm³/mol. The van der Waals surface area contributed by atoms with Crippen LogP contribution in [0.4, 0.5) is 0 Å². The summed E-state index contributed by atoms with van der Waals surface area (Å²) in [6, 6.07) is 16.0. The van der Waals surface area contributed by atoms with E-state index in [-0.39, 0.29) is 12.5 Å². The van der Waals surface area contributed by atoms with E-state index in [1.54, 1.807) is 11.8 Å². The Hall–Kier alpha value is -2.46. The number of rotatable bonds is 5. The summed E-state index contributed by atoms with van der Waals surface area (Å²) >= 11 is 0.390. The van der Waals surface area contributed by atoms with Crippen molar-refractivity contribution in [2.45, 2.75) is 17.3 Å². The van der Waals surface area contributed by atoms with Gasteiger partial charge in [-0.05, 0) is 23.8 Å². The van der Waals surface area contributed by atoms with Gasteiger partial charge in [0.05, 0.1) is 31.2 Å². The Morgan fingerprint density at radius 1 is 1.19 bits per heavy atom. The fourth-order valence-electron chi connectivity index (χ4n) is 4.01. The van der Waals surface area contributed by atoms with E-state index < -0.39 is 11.1 Å². The standard InChI is InChI=1S/C23H23N3O4S2/c1-32(28)30-14-16-5-4-6-17(13-16)26-22-18-7-2-3-8-20(18)31-15-19(22)21(24-26)23(27)25-9-11-29-12-10-25/h2-8,13H,9-12,14-15H2,1H3. The topological polar surface area (TPSA) is 73.7 Å². The lowest BCUT2D eigenvalue weighted by Crippen LogP contribution is -2.41. The minimum atomic E-state index is -1.34. The molecule has 0 aliphatic carbocycles. The van der Waals surface area contributed by atoms with Crippen LogP contribution in [0.15, 0.2) is 53.4 Å². The minimum absolute atomic E-state index is 0.0517. The average Bonchev–Trinajstić information content (AvgIpc) is 3.23. The quantitative estimate of drug-likeness (QED) is 0.570. The highest BCUT2D eigenvalue weighted by molar-refractivity contribution is 7.98. The zero-order valence-electron chi connectivity index (χ0n) is 17.7. The fraction of sp³-hybridized carbons (Fsp3) is 0.304. The van der Waals surface area contributed by atoms with E-state index in [0.29, 0.717) is 37.8 Å². The third-order valence-corrected chi connectivity index (χ3v) is 7.10. The van der Waals surface area contributed by atoms with Crippen molar-refractivity contribution >= 4 is 28.7 Å². The SMILES string of the molecule is CS(=O)OCc1cccc(-n2nc(C(=O)N3CCOCC3)c3c2-c2ccccc2SC3)c1. The second-order valence-electron chi connectivity index (χ2n) is 7.61. The van der Waals surface area contributed by atoms with Crippen molar-refractivity contribution in [2.24, 2.45) is 0 Å². The summed E-state index contributed by atoms with van der Waals surface area (Å²) in [6.07, 6.45) is 1.51. The summed E-state index contributed by atoms with van der Waals surface area (Å²) in [6.45, 7) is 2.49. The van der Waals surface area contributed by atoms with Crippen LogP contribution in [0.25, 0.3) is 16.9 Å². The van der Waals surface area contributed by atoms with E-state index >= 15 is 0 Å². The van der Waals surface area contributed by atoms with Crippen LogP contribution in [-0.4, -0.2) is 57.4 Å². The van der Waals surface area contributed by atoms with Crippen molar-refractivity contribution in [3.05, 3.63) is 65.4 Å². The molecular weight excluding hydrogens is 446 g/mol. The monoisotopic (exact) mass is 469 g/mol. The molecule has 1 unspecified atom stereocenters. The van der Waals surface area contributed by atoms with Gasteiger partial charge in [0, 0.05) is 41.1 Å². The number of hydrogen-bond donors (Lipinski definition) is 0. The largest absolute Gasteiger partial charge is 0.378 e. The van der Waals surface area contributed by atoms with E-state index in [9.17, 15) is 9.00 Å². The van der Waals surface area contributed by atoms with Crippen LogP contribution in [0.5, 0.6) is 0 Å². The van der Waals surface area contributed by atoms with Gasteiger partial charge in [0.1, 0.15) is 0 Å². The number of hydrogen-bond acceptors (Lipinski definition) is 6. The van der Waals surface area contributed by atoms with Crippen molar-refractivity contribution in [2.75, 3.05) is 32.6 Å². The third kappa shape index (κ3) is 4.13. The lowest BCUT2D eigenvalue weighted by Gasteiger charge is -2.26. The molecule has 1 amide bonds. The number of carbonyl (C=O) groups excluding carboxylic acids is 1. The Labute approximate surface area is 193 Å². The predicted octanol–water partition coefficient (Wildman–Crippen LogP) is 3.43. The Balaban J connectivity index is 1.62. The number of ether oxygens (including phenoxy) is 1. The molecule has 166 valence electrons. The highest BCUT2D eigenvalue weighted by atomic mass is 32.2. The molecule has 7 nitrogen and oxygen atoms in total. The molecule has 2 aliphatic rings. The number of amides is 1. The summed E-state index contributed by atoms with van der Waals surface area (Å²) in [5.41, 5.74) is 5.21. The first-order valence-electron chi connectivity index (χ1n) is 10.4. The minimum Gasteiger partial charge on any atom is -0.378 e. The maximum atomic E-state index is 13.4. The maximum absolute atomic E-state index is 13.4. The zero-order chi connectivity index (χ0) is 22.1. The van der Waals surface area contributed by atoms with Crippen LogP contribution in [-0.2, 0) is 32.4 Å². The van der Waals surface area contributed by atoms with Gasteiger partial charge in [0.2, 0.25) is 0 Å². The summed E-state index contributed by atoms with van der Waals surface area (Å²) in [4.78, 5) is 16.4. The van der Waals surface area contributed by atoms with Crippen LogP contribution >= 0.6 is 11.8 Å². The molecule has 1 aromatic heterocycles. The number of aromatic nitrogens is 2. The Morgan fingerprint density at radius 2 is 2.00 bits per heavy atom. The summed E-state index contributed by atoms with van der Waals surface area (Å²) < 4.78 is 23.9. The molecule has 0 saturated carbocycles. The Kier molecular flexibility index (Phi) is 6.14. The zero-order valence-corrected chi connectivity index (χ0v) is 19.3. The first-order valence-corrected chi connectivity index (χ1v) is 12.9. The highest BCUT2D eigenvalue weighted by Gasteiger charge is 2.31. The van der Waals surface area contributed by atoms with E-state index in [4.69, 9.17) is 14.0 Å². The van der Waals surface area contributed by atoms with Crippen LogP contribution in [0.3, 0.4) is 0 Å². The lowest BCUT2D eigenvalue weighted by atomic mass is 10.0. The van der Waals surface area contributed by atoms with E-state index in [1.807, 2.05) is 46.0 Å². The van der Waals surface area contributed by atoms with Crippen LogP contribution in [0.1, 0.15) is 21.6 Å². The van der Waals surface area contributed by atoms with Crippen molar-refractivity contribution in [1.29, 1.82) is 0 Å². The molecule has 2 aromatic carbocycles. The van der Waals surface area contributed by atoms with Crippen LogP contribution < -0.4 is 0 Å². The van der Waals surface area contributed by atoms with E-state index in [1.165, 1.54) is 11.2 Å². The van der Waals surface area contributed by atoms with Gasteiger partial charge in [-0.25, -0.2) is 8.89 Å². The van der Waals surface area contributed by atoms with Crippen molar-refractivity contribution in [3.63, 3.8) is 0 Å². The maximum Gasteiger partial charge on any atom is 0.274 e. The van der Waals surface area contributed by atoms with Crippen molar-refractivity contribution in [1.82, 2.24) is 14.7 Å². The molecule has 1 fully saturated rings. The van der Waals surface area contributed by atoms with Gasteiger partial charge >= 0.3 is 0 Å². The molecular formula is C23H23N3O4S2. The van der Waals surface area contributed by atoms with Gasteiger partial charge in [-0.15, -0.1) is 11.8 Å². The summed E-state index contributed by atoms with van der Waals surface area (Å²) in [5, 5.41) is 4.84. The second kappa shape index (κ2) is 9.19. The normalized spacial score (nSPS) is 16.3. The van der Waals surface area contributed by atoms with Gasteiger partial charge in [0.15, 0.2) is 16.8 Å². The van der Waals surface area contributed by atoms with Gasteiger partial charge in [-0.1, -0.05) is 30.3 Å². The number of carbonyl (C=O) groups is 1. The van der Waals surface area contributed by atoms with E-state index in [2.05, 4.69) is 12.1 Å². The fourth-order valence-corrected chi connectivity index (χ4v) is 5.38. The smallest absolute Gasteiger partial charge is 0.274 e. The molecule has 3 aromatic rings. The number of thioether (sulfide) groups is 1. The van der Waals surface area contributed by atoms with Crippen LogP contribution in [0.2, 0.25) is 0 Å². The van der Waals surface area contributed by atoms with Crippen LogP contribution in [0, 0.1) is 0 Å². The number of nitrogens with zero attached hydrogens (tertiary/aromatic N) is 3. The molecule has 3 heterocycles. The van der Waals surface area contributed by atoms with Crippen molar-refractivity contribution < 1.29 is 17.9 Å². The number of benzene rings is 2.